The third-order valence-corrected chi connectivity index (χ3v) is 4.94. The molecule has 6 heteroatoms. The number of aromatic nitrogens is 1. The zero-order chi connectivity index (χ0) is 19.2. The molecule has 1 aromatic heterocycles. The Kier molecular flexibility index (Phi) is 6.16. The Hall–Kier alpha value is -2.76. The summed E-state index contributed by atoms with van der Waals surface area (Å²) in [6, 6.07) is 9.57. The zero-order valence-electron chi connectivity index (χ0n) is 16.1. The fourth-order valence-electron chi connectivity index (χ4n) is 3.44. The normalized spacial score (nSPS) is 14.7. The highest BCUT2D eigenvalue weighted by atomic mass is 16.5. The van der Waals surface area contributed by atoms with E-state index >= 15 is 0 Å². The number of amides is 2. The third-order valence-electron chi connectivity index (χ3n) is 4.94. The van der Waals surface area contributed by atoms with Gasteiger partial charge in [-0.15, -0.1) is 0 Å². The van der Waals surface area contributed by atoms with E-state index in [1.807, 2.05) is 64.1 Å². The van der Waals surface area contributed by atoms with Crippen molar-refractivity contribution in [1.29, 1.82) is 0 Å². The van der Waals surface area contributed by atoms with Gasteiger partial charge < -0.3 is 19.1 Å². The van der Waals surface area contributed by atoms with Gasteiger partial charge in [0, 0.05) is 45.6 Å². The van der Waals surface area contributed by atoms with Crippen LogP contribution < -0.4 is 4.74 Å². The van der Waals surface area contributed by atoms with Crippen molar-refractivity contribution in [2.45, 2.75) is 19.3 Å². The molecule has 0 bridgehead atoms. The van der Waals surface area contributed by atoms with Crippen LogP contribution in [0.3, 0.4) is 0 Å². The molecule has 1 aliphatic heterocycles. The second kappa shape index (κ2) is 8.75. The van der Waals surface area contributed by atoms with Crippen molar-refractivity contribution >= 4 is 11.8 Å². The van der Waals surface area contributed by atoms with Crippen LogP contribution in [-0.2, 0) is 29.5 Å². The third kappa shape index (κ3) is 5.12. The summed E-state index contributed by atoms with van der Waals surface area (Å²) < 4.78 is 7.17. The Bertz CT molecular complexity index is 799. The molecule has 2 aromatic rings. The molecule has 0 radical (unpaired) electrons. The minimum Gasteiger partial charge on any atom is -0.497 e. The van der Waals surface area contributed by atoms with Crippen LogP contribution in [0, 0.1) is 0 Å². The molecule has 1 aliphatic rings. The fourth-order valence-corrected chi connectivity index (χ4v) is 3.44. The lowest BCUT2D eigenvalue weighted by Gasteiger charge is -2.22. The molecule has 144 valence electrons. The van der Waals surface area contributed by atoms with E-state index in [9.17, 15) is 9.59 Å². The number of aryl methyl sites for hydroxylation is 1. The summed E-state index contributed by atoms with van der Waals surface area (Å²) in [7, 11) is 3.57. The summed E-state index contributed by atoms with van der Waals surface area (Å²) in [4.78, 5) is 29.0. The average molecular weight is 369 g/mol. The van der Waals surface area contributed by atoms with E-state index in [0.29, 0.717) is 39.0 Å². The number of nitrogens with zero attached hydrogens (tertiary/aromatic N) is 3. The minimum absolute atomic E-state index is 0.0978. The number of carbonyl (C=O) groups excluding carboxylic acids is 2. The summed E-state index contributed by atoms with van der Waals surface area (Å²) in [6.45, 7) is 2.57. The van der Waals surface area contributed by atoms with E-state index in [1.165, 1.54) is 0 Å². The van der Waals surface area contributed by atoms with E-state index in [-0.39, 0.29) is 11.8 Å². The molecule has 1 saturated heterocycles. The molecule has 2 amide bonds. The van der Waals surface area contributed by atoms with Crippen LogP contribution in [-0.4, -0.2) is 59.5 Å². The van der Waals surface area contributed by atoms with Gasteiger partial charge in [0.15, 0.2) is 0 Å². The number of hydrogen-bond donors (Lipinski definition) is 0. The maximum absolute atomic E-state index is 12.7. The van der Waals surface area contributed by atoms with E-state index in [1.54, 1.807) is 7.11 Å². The van der Waals surface area contributed by atoms with Gasteiger partial charge in [0.1, 0.15) is 5.75 Å². The highest BCUT2D eigenvalue weighted by Crippen LogP contribution is 2.15. The highest BCUT2D eigenvalue weighted by Gasteiger charge is 2.22. The van der Waals surface area contributed by atoms with E-state index in [0.717, 1.165) is 23.3 Å². The molecule has 0 spiro atoms. The molecule has 1 aromatic carbocycles. The Balaban J connectivity index is 1.54. The van der Waals surface area contributed by atoms with Crippen molar-refractivity contribution in [2.24, 2.45) is 7.05 Å². The second-order valence-electron chi connectivity index (χ2n) is 7.01. The van der Waals surface area contributed by atoms with Crippen molar-refractivity contribution in [2.75, 3.05) is 33.3 Å². The number of rotatable bonds is 5. The van der Waals surface area contributed by atoms with Crippen LogP contribution >= 0.6 is 0 Å². The smallest absolute Gasteiger partial charge is 0.227 e. The lowest BCUT2D eigenvalue weighted by atomic mass is 10.1. The largest absolute Gasteiger partial charge is 0.497 e. The molecule has 3 rings (SSSR count). The SMILES string of the molecule is COc1cccc(CC(=O)N2CCCN(C(=O)Cc3ccn(C)c3)CC2)c1. The Morgan fingerprint density at radius 2 is 1.63 bits per heavy atom. The van der Waals surface area contributed by atoms with Crippen molar-refractivity contribution in [1.82, 2.24) is 14.4 Å². The van der Waals surface area contributed by atoms with Crippen LogP contribution in [0.15, 0.2) is 42.7 Å². The van der Waals surface area contributed by atoms with Gasteiger partial charge >= 0.3 is 0 Å². The van der Waals surface area contributed by atoms with Crippen molar-refractivity contribution in [3.05, 3.63) is 53.9 Å². The number of hydrogen-bond acceptors (Lipinski definition) is 3. The topological polar surface area (TPSA) is 54.8 Å². The summed E-state index contributed by atoms with van der Waals surface area (Å²) in [6.07, 6.45) is 5.50. The highest BCUT2D eigenvalue weighted by molar-refractivity contribution is 5.80. The van der Waals surface area contributed by atoms with E-state index < -0.39 is 0 Å². The number of carbonyl (C=O) groups is 2. The van der Waals surface area contributed by atoms with Gasteiger partial charge in [0.25, 0.3) is 0 Å². The van der Waals surface area contributed by atoms with Crippen LogP contribution in [0.4, 0.5) is 0 Å². The van der Waals surface area contributed by atoms with Crippen LogP contribution in [0.25, 0.3) is 0 Å². The summed E-state index contributed by atoms with van der Waals surface area (Å²) in [5.74, 6) is 0.984. The number of ether oxygens (including phenoxy) is 1. The minimum atomic E-state index is 0.0978. The van der Waals surface area contributed by atoms with Gasteiger partial charge in [0.2, 0.25) is 11.8 Å². The first-order valence-electron chi connectivity index (χ1n) is 9.34. The first-order chi connectivity index (χ1) is 13.0. The molecule has 0 saturated carbocycles. The quantitative estimate of drug-likeness (QED) is 0.809. The molecule has 0 N–H and O–H groups in total. The monoisotopic (exact) mass is 369 g/mol. The number of benzene rings is 1. The van der Waals surface area contributed by atoms with Gasteiger partial charge in [-0.1, -0.05) is 12.1 Å². The first-order valence-corrected chi connectivity index (χ1v) is 9.34. The van der Waals surface area contributed by atoms with E-state index in [2.05, 4.69) is 0 Å². The molecule has 6 nitrogen and oxygen atoms in total. The Morgan fingerprint density at radius 3 is 2.22 bits per heavy atom. The predicted octanol–water partition coefficient (Wildman–Crippen LogP) is 1.88. The van der Waals surface area contributed by atoms with E-state index in [4.69, 9.17) is 4.74 Å². The van der Waals surface area contributed by atoms with Crippen molar-refractivity contribution in [3.8, 4) is 5.75 Å². The second-order valence-corrected chi connectivity index (χ2v) is 7.01. The van der Waals surface area contributed by atoms with Crippen LogP contribution in [0.2, 0.25) is 0 Å². The number of methoxy groups -OCH3 is 1. The van der Waals surface area contributed by atoms with Gasteiger partial charge in [-0.3, -0.25) is 9.59 Å². The van der Waals surface area contributed by atoms with Gasteiger partial charge in [0.05, 0.1) is 20.0 Å². The fraction of sp³-hybridized carbons (Fsp3) is 0.429. The van der Waals surface area contributed by atoms with Gasteiger partial charge in [-0.25, -0.2) is 0 Å². The predicted molar refractivity (Wildman–Crippen MR) is 104 cm³/mol. The van der Waals surface area contributed by atoms with Gasteiger partial charge in [-0.2, -0.15) is 0 Å². The zero-order valence-corrected chi connectivity index (χ0v) is 16.1. The standard InChI is InChI=1S/C21H27N3O3/c1-22-10-7-18(16-22)15-21(26)24-9-4-8-23(11-12-24)20(25)14-17-5-3-6-19(13-17)27-2/h3,5-7,10,13,16H,4,8-9,11-12,14-15H2,1-2H3. The Labute approximate surface area is 160 Å². The summed E-state index contributed by atoms with van der Waals surface area (Å²) >= 11 is 0. The summed E-state index contributed by atoms with van der Waals surface area (Å²) in [5.41, 5.74) is 1.97. The molecule has 27 heavy (non-hydrogen) atoms. The van der Waals surface area contributed by atoms with Crippen molar-refractivity contribution < 1.29 is 14.3 Å². The molecule has 2 heterocycles. The molecule has 1 fully saturated rings. The molecule has 0 unspecified atom stereocenters. The molecular formula is C21H27N3O3. The Morgan fingerprint density at radius 1 is 0.963 bits per heavy atom. The van der Waals surface area contributed by atoms with Crippen LogP contribution in [0.1, 0.15) is 17.5 Å². The van der Waals surface area contributed by atoms with Crippen molar-refractivity contribution in [3.63, 3.8) is 0 Å². The summed E-state index contributed by atoms with van der Waals surface area (Å²) in [5, 5.41) is 0. The molecular weight excluding hydrogens is 342 g/mol. The van der Waals surface area contributed by atoms with Crippen LogP contribution in [0.5, 0.6) is 5.75 Å². The van der Waals surface area contributed by atoms with Gasteiger partial charge in [-0.05, 0) is 35.7 Å². The lowest BCUT2D eigenvalue weighted by molar-refractivity contribution is -0.132. The maximum Gasteiger partial charge on any atom is 0.227 e. The first kappa shape index (κ1) is 19.0. The molecule has 0 atom stereocenters. The molecule has 0 aliphatic carbocycles. The average Bonchev–Trinajstić information content (AvgIpc) is 2.92. The maximum atomic E-state index is 12.7. The lowest BCUT2D eigenvalue weighted by Crippen LogP contribution is -2.38.